The van der Waals surface area contributed by atoms with E-state index in [0.717, 1.165) is 22.6 Å². The van der Waals surface area contributed by atoms with Crippen LogP contribution in [0.25, 0.3) is 0 Å². The third kappa shape index (κ3) is 4.63. The molecule has 1 heterocycles. The van der Waals surface area contributed by atoms with Gasteiger partial charge in [-0.15, -0.1) is 0 Å². The van der Waals surface area contributed by atoms with Gasteiger partial charge >= 0.3 is 0 Å². The van der Waals surface area contributed by atoms with Crippen molar-refractivity contribution in [2.75, 3.05) is 0 Å². The number of ether oxygens (including phenoxy) is 1. The van der Waals surface area contributed by atoms with Gasteiger partial charge in [-0.05, 0) is 42.8 Å². The Hall–Kier alpha value is -2.23. The van der Waals surface area contributed by atoms with Gasteiger partial charge in [0.1, 0.15) is 18.1 Å². The van der Waals surface area contributed by atoms with Crippen molar-refractivity contribution in [3.05, 3.63) is 88.3 Å². The quantitative estimate of drug-likeness (QED) is 0.648. The zero-order valence-electron chi connectivity index (χ0n) is 13.6. The Bertz CT molecular complexity index is 767. The molecular formula is C20H20ClNO2. The van der Waals surface area contributed by atoms with E-state index in [1.165, 1.54) is 5.56 Å². The number of halogens is 1. The maximum atomic E-state index is 6.13. The van der Waals surface area contributed by atoms with Crippen LogP contribution in [0.1, 0.15) is 22.5 Å². The lowest BCUT2D eigenvalue weighted by atomic mass is 10.1. The summed E-state index contributed by atoms with van der Waals surface area (Å²) in [6.45, 7) is 3.93. The van der Waals surface area contributed by atoms with Gasteiger partial charge in [0.25, 0.3) is 0 Å². The molecule has 2 aromatic carbocycles. The number of furan rings is 1. The van der Waals surface area contributed by atoms with E-state index in [0.29, 0.717) is 24.7 Å². The molecule has 0 saturated carbocycles. The molecule has 0 bridgehead atoms. The number of hydrogen-bond donors (Lipinski definition) is 1. The van der Waals surface area contributed by atoms with Gasteiger partial charge in [0.15, 0.2) is 0 Å². The Morgan fingerprint density at radius 1 is 1.04 bits per heavy atom. The van der Waals surface area contributed by atoms with Crippen molar-refractivity contribution in [1.29, 1.82) is 0 Å². The predicted molar refractivity (Wildman–Crippen MR) is 96.2 cm³/mol. The molecule has 0 aliphatic heterocycles. The van der Waals surface area contributed by atoms with Gasteiger partial charge < -0.3 is 14.5 Å². The molecule has 0 atom stereocenters. The maximum Gasteiger partial charge on any atom is 0.124 e. The first-order valence-corrected chi connectivity index (χ1v) is 8.28. The third-order valence-corrected chi connectivity index (χ3v) is 3.97. The molecule has 0 saturated heterocycles. The van der Waals surface area contributed by atoms with Gasteiger partial charge in [0, 0.05) is 17.1 Å². The normalized spacial score (nSPS) is 10.8. The largest absolute Gasteiger partial charge is 0.489 e. The summed E-state index contributed by atoms with van der Waals surface area (Å²) in [5.41, 5.74) is 3.42. The Labute approximate surface area is 147 Å². The van der Waals surface area contributed by atoms with Crippen LogP contribution in [0.2, 0.25) is 5.02 Å². The van der Waals surface area contributed by atoms with Gasteiger partial charge in [-0.3, -0.25) is 0 Å². The summed E-state index contributed by atoms with van der Waals surface area (Å²) in [6.07, 6.45) is 1.67. The third-order valence-electron chi connectivity index (χ3n) is 3.73. The molecule has 0 fully saturated rings. The molecule has 24 heavy (non-hydrogen) atoms. The highest BCUT2D eigenvalue weighted by molar-refractivity contribution is 6.30. The minimum atomic E-state index is 0.535. The first-order chi connectivity index (χ1) is 11.7. The Morgan fingerprint density at radius 3 is 2.62 bits per heavy atom. The molecule has 0 amide bonds. The lowest BCUT2D eigenvalue weighted by Crippen LogP contribution is -2.13. The Balaban J connectivity index is 1.62. The van der Waals surface area contributed by atoms with Gasteiger partial charge in [0.2, 0.25) is 0 Å². The van der Waals surface area contributed by atoms with Crippen LogP contribution < -0.4 is 10.1 Å². The van der Waals surface area contributed by atoms with Gasteiger partial charge in [-0.2, -0.15) is 0 Å². The molecule has 0 spiro atoms. The van der Waals surface area contributed by atoms with Crippen LogP contribution in [0, 0.1) is 6.92 Å². The highest BCUT2D eigenvalue weighted by Gasteiger charge is 2.06. The van der Waals surface area contributed by atoms with E-state index < -0.39 is 0 Å². The second-order valence-corrected chi connectivity index (χ2v) is 6.15. The maximum absolute atomic E-state index is 6.13. The summed E-state index contributed by atoms with van der Waals surface area (Å²) in [6, 6.07) is 17.9. The predicted octanol–water partition coefficient (Wildman–Crippen LogP) is 5.11. The molecule has 1 N–H and O–H groups in total. The first-order valence-electron chi connectivity index (χ1n) is 7.90. The van der Waals surface area contributed by atoms with Crippen LogP contribution >= 0.6 is 11.6 Å². The molecule has 3 aromatic rings. The molecule has 3 nitrogen and oxygen atoms in total. The smallest absolute Gasteiger partial charge is 0.124 e. The van der Waals surface area contributed by atoms with Gasteiger partial charge in [-0.1, -0.05) is 41.4 Å². The molecular weight excluding hydrogens is 322 g/mol. The average molecular weight is 342 g/mol. The summed E-state index contributed by atoms with van der Waals surface area (Å²) < 4.78 is 11.3. The van der Waals surface area contributed by atoms with Crippen LogP contribution in [0.3, 0.4) is 0 Å². The second kappa shape index (κ2) is 8.04. The van der Waals surface area contributed by atoms with Gasteiger partial charge in [-0.25, -0.2) is 0 Å². The summed E-state index contributed by atoms with van der Waals surface area (Å²) in [7, 11) is 0. The van der Waals surface area contributed by atoms with E-state index in [1.54, 1.807) is 6.26 Å². The molecule has 4 heteroatoms. The van der Waals surface area contributed by atoms with E-state index in [4.69, 9.17) is 20.8 Å². The summed E-state index contributed by atoms with van der Waals surface area (Å²) in [5, 5.41) is 4.05. The molecule has 124 valence electrons. The molecule has 0 aliphatic rings. The standard InChI is InChI=1S/C20H20ClNO2/c1-15-4-6-16(7-5-15)14-24-20-9-8-18(21)11-17(20)12-22-13-19-3-2-10-23-19/h2-11,22H,12-14H2,1H3. The fourth-order valence-electron chi connectivity index (χ4n) is 2.41. The summed E-state index contributed by atoms with van der Waals surface area (Å²) in [4.78, 5) is 0. The molecule has 3 rings (SSSR count). The van der Waals surface area contributed by atoms with E-state index in [-0.39, 0.29) is 0 Å². The van der Waals surface area contributed by atoms with Crippen molar-refractivity contribution >= 4 is 11.6 Å². The fraction of sp³-hybridized carbons (Fsp3) is 0.200. The minimum absolute atomic E-state index is 0.535. The zero-order valence-corrected chi connectivity index (χ0v) is 14.3. The van der Waals surface area contributed by atoms with Gasteiger partial charge in [0.05, 0.1) is 12.8 Å². The van der Waals surface area contributed by atoms with E-state index >= 15 is 0 Å². The summed E-state index contributed by atoms with van der Waals surface area (Å²) >= 11 is 6.13. The Morgan fingerprint density at radius 2 is 1.88 bits per heavy atom. The van der Waals surface area contributed by atoms with E-state index in [9.17, 15) is 0 Å². The monoisotopic (exact) mass is 341 g/mol. The fourth-order valence-corrected chi connectivity index (χ4v) is 2.60. The van der Waals surface area contributed by atoms with Crippen molar-refractivity contribution in [2.45, 2.75) is 26.6 Å². The number of aryl methyl sites for hydroxylation is 1. The van der Waals surface area contributed by atoms with Crippen molar-refractivity contribution in [1.82, 2.24) is 5.32 Å². The van der Waals surface area contributed by atoms with Crippen LogP contribution in [0.4, 0.5) is 0 Å². The van der Waals surface area contributed by atoms with Crippen LogP contribution in [-0.4, -0.2) is 0 Å². The molecule has 1 aromatic heterocycles. The molecule has 0 unspecified atom stereocenters. The first kappa shape index (κ1) is 16.6. The summed E-state index contributed by atoms with van der Waals surface area (Å²) in [5.74, 6) is 1.74. The second-order valence-electron chi connectivity index (χ2n) is 5.71. The lowest BCUT2D eigenvalue weighted by molar-refractivity contribution is 0.302. The van der Waals surface area contributed by atoms with Crippen molar-refractivity contribution in [3.63, 3.8) is 0 Å². The number of rotatable bonds is 7. The van der Waals surface area contributed by atoms with Crippen LogP contribution in [-0.2, 0) is 19.7 Å². The minimum Gasteiger partial charge on any atom is -0.489 e. The average Bonchev–Trinajstić information content (AvgIpc) is 3.09. The molecule has 0 aliphatic carbocycles. The van der Waals surface area contributed by atoms with Crippen LogP contribution in [0.5, 0.6) is 5.75 Å². The topological polar surface area (TPSA) is 34.4 Å². The van der Waals surface area contributed by atoms with E-state index in [2.05, 4.69) is 36.5 Å². The molecule has 0 radical (unpaired) electrons. The number of benzene rings is 2. The zero-order chi connectivity index (χ0) is 16.8. The number of nitrogens with one attached hydrogen (secondary N) is 1. The van der Waals surface area contributed by atoms with E-state index in [1.807, 2.05) is 30.3 Å². The van der Waals surface area contributed by atoms with Crippen molar-refractivity contribution in [3.8, 4) is 5.75 Å². The highest BCUT2D eigenvalue weighted by Crippen LogP contribution is 2.24. The lowest BCUT2D eigenvalue weighted by Gasteiger charge is -2.13. The van der Waals surface area contributed by atoms with Crippen molar-refractivity contribution < 1.29 is 9.15 Å². The highest BCUT2D eigenvalue weighted by atomic mass is 35.5. The van der Waals surface area contributed by atoms with Crippen molar-refractivity contribution in [2.24, 2.45) is 0 Å². The Kier molecular flexibility index (Phi) is 5.57. The number of hydrogen-bond acceptors (Lipinski definition) is 3. The SMILES string of the molecule is Cc1ccc(COc2ccc(Cl)cc2CNCc2ccco2)cc1. The van der Waals surface area contributed by atoms with Crippen LogP contribution in [0.15, 0.2) is 65.3 Å².